The Morgan fingerprint density at radius 1 is 0.630 bits per heavy atom. The van der Waals surface area contributed by atoms with Crippen LogP contribution in [0.15, 0.2) is 0 Å². The van der Waals surface area contributed by atoms with Crippen LogP contribution in [-0.2, 0) is 0 Å². The molecule has 0 aromatic rings. The van der Waals surface area contributed by atoms with E-state index in [4.69, 9.17) is 0 Å². The first-order chi connectivity index (χ1) is 12.9. The summed E-state index contributed by atoms with van der Waals surface area (Å²) in [4.78, 5) is 0. The maximum absolute atomic E-state index is 3.02. The molecule has 2 nitrogen and oxygen atoms in total. The van der Waals surface area contributed by atoms with Gasteiger partial charge in [0.15, 0.2) is 0 Å². The van der Waals surface area contributed by atoms with Crippen LogP contribution in [0.2, 0.25) is 25.2 Å². The van der Waals surface area contributed by atoms with Crippen molar-refractivity contribution in [2.24, 2.45) is 0 Å². The van der Waals surface area contributed by atoms with E-state index in [0.717, 1.165) is 24.2 Å². The van der Waals surface area contributed by atoms with Gasteiger partial charge in [0.05, 0.1) is 0 Å². The van der Waals surface area contributed by atoms with E-state index in [1.165, 1.54) is 70.6 Å². The largest absolute Gasteiger partial charge is 0.321 e. The molecule has 0 N–H and O–H groups in total. The second-order valence-corrected chi connectivity index (χ2v) is 16.0. The monoisotopic (exact) mass is 410 g/mol. The highest BCUT2D eigenvalue weighted by Gasteiger charge is 2.30. The van der Waals surface area contributed by atoms with Crippen LogP contribution < -0.4 is 0 Å². The lowest BCUT2D eigenvalue weighted by Crippen LogP contribution is -2.50. The van der Waals surface area contributed by atoms with Crippen LogP contribution >= 0.6 is 0 Å². The van der Waals surface area contributed by atoms with Gasteiger partial charge in [-0.2, -0.15) is 0 Å². The average Bonchev–Trinajstić information content (AvgIpc) is 2.63. The Labute approximate surface area is 174 Å². The van der Waals surface area contributed by atoms with E-state index in [0.29, 0.717) is 0 Å². The molecule has 27 heavy (non-hydrogen) atoms. The summed E-state index contributed by atoms with van der Waals surface area (Å²) < 4.78 is 6.04. The number of rotatable bonds is 10. The van der Waals surface area contributed by atoms with Gasteiger partial charge in [0, 0.05) is 12.1 Å². The van der Waals surface area contributed by atoms with Gasteiger partial charge in [0.2, 0.25) is 0 Å². The summed E-state index contributed by atoms with van der Waals surface area (Å²) in [5.41, 5.74) is 0. The van der Waals surface area contributed by atoms with Crippen molar-refractivity contribution in [3.05, 3.63) is 0 Å². The lowest BCUT2D eigenvalue weighted by Gasteiger charge is -2.42. The highest BCUT2D eigenvalue weighted by molar-refractivity contribution is 6.56. The Hall–Kier alpha value is 0.354. The molecule has 4 heteroatoms. The smallest absolute Gasteiger partial charge is 0.109 e. The van der Waals surface area contributed by atoms with Crippen LogP contribution in [0, 0.1) is 0 Å². The quantitative estimate of drug-likeness (QED) is 0.397. The predicted molar refractivity (Wildman–Crippen MR) is 128 cm³/mol. The van der Waals surface area contributed by atoms with Crippen molar-refractivity contribution in [2.75, 3.05) is 0 Å². The third kappa shape index (κ3) is 7.27. The third-order valence-corrected chi connectivity index (χ3v) is 14.0. The average molecular weight is 411 g/mol. The number of hydrogen-bond acceptors (Lipinski definition) is 2. The van der Waals surface area contributed by atoms with E-state index in [1.807, 2.05) is 0 Å². The zero-order valence-corrected chi connectivity index (χ0v) is 21.9. The van der Waals surface area contributed by atoms with Crippen LogP contribution in [0.25, 0.3) is 0 Å². The maximum atomic E-state index is 3.02. The molecule has 0 aromatic carbocycles. The van der Waals surface area contributed by atoms with E-state index in [-0.39, 0.29) is 0 Å². The molecule has 0 heterocycles. The Kier molecular flexibility index (Phi) is 10.6. The second kappa shape index (κ2) is 12.1. The molecule has 0 saturated heterocycles. The summed E-state index contributed by atoms with van der Waals surface area (Å²) in [6.45, 7) is 15.1. The van der Waals surface area contributed by atoms with Gasteiger partial charge in [-0.25, -0.2) is 0 Å². The van der Waals surface area contributed by atoms with Crippen LogP contribution in [0.4, 0.5) is 0 Å². The molecule has 2 aliphatic carbocycles. The fraction of sp³-hybridized carbons (Fsp3) is 1.00. The molecule has 0 bridgehead atoms. The molecule has 2 unspecified atom stereocenters. The number of nitrogens with zero attached hydrogens (tertiary/aromatic N) is 2. The van der Waals surface area contributed by atoms with Gasteiger partial charge in [-0.3, -0.25) is 0 Å². The van der Waals surface area contributed by atoms with Crippen molar-refractivity contribution in [1.29, 1.82) is 0 Å². The van der Waals surface area contributed by atoms with Crippen LogP contribution in [0.5, 0.6) is 0 Å². The highest BCUT2D eigenvalue weighted by atomic mass is 28.3. The van der Waals surface area contributed by atoms with Gasteiger partial charge in [-0.15, -0.1) is 0 Å². The van der Waals surface area contributed by atoms with Gasteiger partial charge in [0.25, 0.3) is 0 Å². The van der Waals surface area contributed by atoms with E-state index < -0.39 is 17.9 Å². The van der Waals surface area contributed by atoms with E-state index in [2.05, 4.69) is 49.9 Å². The minimum absolute atomic E-state index is 0.760. The third-order valence-electron chi connectivity index (χ3n) is 7.45. The van der Waals surface area contributed by atoms with E-state index in [9.17, 15) is 0 Å². The summed E-state index contributed by atoms with van der Waals surface area (Å²) in [6, 6.07) is 6.46. The van der Waals surface area contributed by atoms with Crippen molar-refractivity contribution < 1.29 is 0 Å². The van der Waals surface area contributed by atoms with Crippen LogP contribution in [-0.4, -0.2) is 51.2 Å². The molecule has 2 atom stereocenters. The number of hydrogen-bond donors (Lipinski definition) is 0. The minimum Gasteiger partial charge on any atom is -0.321 e. The first-order valence-electron chi connectivity index (χ1n) is 12.5. The zero-order valence-electron chi connectivity index (χ0n) is 19.6. The predicted octanol–water partition coefficient (Wildman–Crippen LogP) is 6.17. The lowest BCUT2D eigenvalue weighted by atomic mass is 9.95. The Balaban J connectivity index is 1.82. The maximum Gasteiger partial charge on any atom is 0.109 e. The molecular weight excluding hydrogens is 360 g/mol. The summed E-state index contributed by atoms with van der Waals surface area (Å²) in [5, 5.41) is 0. The topological polar surface area (TPSA) is 6.48 Å². The molecule has 0 radical (unpaired) electrons. The summed E-state index contributed by atoms with van der Waals surface area (Å²) in [6.07, 6.45) is 16.3. The van der Waals surface area contributed by atoms with Crippen molar-refractivity contribution in [3.8, 4) is 0 Å². The van der Waals surface area contributed by atoms with Crippen molar-refractivity contribution in [1.82, 2.24) is 9.13 Å². The fourth-order valence-electron chi connectivity index (χ4n) is 6.35. The molecule has 2 rings (SSSR count). The Morgan fingerprint density at radius 2 is 0.963 bits per heavy atom. The molecule has 2 fully saturated rings. The van der Waals surface area contributed by atoms with Crippen LogP contribution in [0.3, 0.4) is 0 Å². The Morgan fingerprint density at radius 3 is 1.26 bits per heavy atom. The van der Waals surface area contributed by atoms with Gasteiger partial charge >= 0.3 is 0 Å². The molecule has 0 aliphatic heterocycles. The zero-order chi connectivity index (χ0) is 19.8. The summed E-state index contributed by atoms with van der Waals surface area (Å²) >= 11 is 0. The summed E-state index contributed by atoms with van der Waals surface area (Å²) in [5.74, 6) is 0. The molecule has 2 saturated carbocycles. The lowest BCUT2D eigenvalue weighted by molar-refractivity contribution is 0.214. The minimum atomic E-state index is -0.760. The van der Waals surface area contributed by atoms with Gasteiger partial charge in [0.1, 0.15) is 17.9 Å². The van der Waals surface area contributed by atoms with E-state index in [1.54, 1.807) is 12.1 Å². The molecule has 0 amide bonds. The first-order valence-corrected chi connectivity index (χ1v) is 17.4. The molecule has 2 aliphatic rings. The summed E-state index contributed by atoms with van der Waals surface area (Å²) in [7, 11) is -1.52. The highest BCUT2D eigenvalue weighted by Crippen LogP contribution is 2.28. The normalized spacial score (nSPS) is 22.9. The second-order valence-electron chi connectivity index (χ2n) is 10.3. The Bertz CT molecular complexity index is 354. The standard InChI is InChI=1S/C23H50N2Si2/c1-20(2)24(22-14-9-7-10-15-22)26(5)18-13-19-27(6)25(21(3)4)23-16-11-8-12-17-23/h20-23,26-27H,7-19H2,1-6H3. The molecule has 0 aromatic heterocycles. The van der Waals surface area contributed by atoms with Crippen LogP contribution in [0.1, 0.15) is 98.3 Å². The molecular formula is C23H50N2Si2. The van der Waals surface area contributed by atoms with Gasteiger partial charge < -0.3 is 9.13 Å². The molecule has 0 spiro atoms. The van der Waals surface area contributed by atoms with E-state index >= 15 is 0 Å². The van der Waals surface area contributed by atoms with Gasteiger partial charge in [-0.05, 0) is 49.9 Å². The first kappa shape index (κ1) is 23.6. The van der Waals surface area contributed by atoms with Crippen molar-refractivity contribution in [2.45, 2.75) is 148 Å². The fourth-order valence-corrected chi connectivity index (χ4v) is 13.1. The SMILES string of the molecule is CC(C)N(C1CCCCC1)[SiH](C)CCC[SiH](C)N(C(C)C)C1CCCCC1. The van der Waals surface area contributed by atoms with Crippen molar-refractivity contribution >= 4 is 17.9 Å². The van der Waals surface area contributed by atoms with Gasteiger partial charge in [-0.1, -0.05) is 85.7 Å². The van der Waals surface area contributed by atoms with Crippen molar-refractivity contribution in [3.63, 3.8) is 0 Å². The molecule has 160 valence electrons.